The summed E-state index contributed by atoms with van der Waals surface area (Å²) in [6.07, 6.45) is 0.221. The van der Waals surface area contributed by atoms with Gasteiger partial charge in [0.15, 0.2) is 0 Å². The molecule has 1 saturated heterocycles. The highest BCUT2D eigenvalue weighted by atomic mass is 16.5. The zero-order valence-electron chi connectivity index (χ0n) is 24.1. The van der Waals surface area contributed by atoms with Gasteiger partial charge in [-0.2, -0.15) is 0 Å². The van der Waals surface area contributed by atoms with Crippen molar-refractivity contribution in [2.75, 3.05) is 32.9 Å². The molecular weight excluding hydrogens is 542 g/mol. The van der Waals surface area contributed by atoms with Gasteiger partial charge in [0.05, 0.1) is 31.6 Å². The van der Waals surface area contributed by atoms with Crippen molar-refractivity contribution in [3.05, 3.63) is 70.6 Å². The molecule has 3 aromatic rings. The molecule has 1 fully saturated rings. The smallest absolute Gasteiger partial charge is 0.327 e. The molecule has 1 aromatic heterocycles. The van der Waals surface area contributed by atoms with Crippen LogP contribution in [0.15, 0.2) is 46.9 Å². The van der Waals surface area contributed by atoms with Gasteiger partial charge in [-0.15, -0.1) is 0 Å². The third-order valence-corrected chi connectivity index (χ3v) is 6.82. The van der Waals surface area contributed by atoms with Gasteiger partial charge in [-0.05, 0) is 68.7 Å². The predicted octanol–water partition coefficient (Wildman–Crippen LogP) is 3.71. The minimum absolute atomic E-state index is 0.0532. The van der Waals surface area contributed by atoms with Crippen LogP contribution in [0.25, 0.3) is 11.5 Å². The summed E-state index contributed by atoms with van der Waals surface area (Å²) in [5, 5.41) is 9.12. The van der Waals surface area contributed by atoms with Gasteiger partial charge in [-0.3, -0.25) is 9.59 Å². The van der Waals surface area contributed by atoms with E-state index in [0.29, 0.717) is 78.1 Å². The number of hydrogen-bond donors (Lipinski definition) is 2. The first-order valence-electron chi connectivity index (χ1n) is 14.0. The number of rotatable bonds is 12. The van der Waals surface area contributed by atoms with Gasteiger partial charge in [0, 0.05) is 37.1 Å². The Bertz CT molecular complexity index is 1410. The number of carbonyl (C=O) groups excluding carboxylic acids is 2. The molecule has 42 heavy (non-hydrogen) atoms. The number of carbonyl (C=O) groups is 3. The first kappa shape index (κ1) is 30.7. The number of oxazole rings is 1. The zero-order chi connectivity index (χ0) is 30.2. The maximum Gasteiger partial charge on any atom is 0.327 e. The Kier molecular flexibility index (Phi) is 10.3. The Morgan fingerprint density at radius 3 is 2.57 bits per heavy atom. The van der Waals surface area contributed by atoms with Gasteiger partial charge >= 0.3 is 11.9 Å². The van der Waals surface area contributed by atoms with Crippen molar-refractivity contribution in [2.45, 2.75) is 52.2 Å². The number of aromatic nitrogens is 1. The molecule has 0 aliphatic carbocycles. The lowest BCUT2D eigenvalue weighted by Crippen LogP contribution is -2.40. The first-order chi connectivity index (χ1) is 20.1. The fourth-order valence-corrected chi connectivity index (χ4v) is 4.64. The maximum atomic E-state index is 12.9. The number of carboxylic acids is 1. The Morgan fingerprint density at radius 1 is 1.10 bits per heavy atom. The summed E-state index contributed by atoms with van der Waals surface area (Å²) in [5.74, 6) is -0.0618. The molecule has 11 nitrogen and oxygen atoms in total. The highest BCUT2D eigenvalue weighted by Gasteiger charge is 2.23. The van der Waals surface area contributed by atoms with Crippen LogP contribution in [0, 0.1) is 6.92 Å². The Labute approximate surface area is 244 Å². The van der Waals surface area contributed by atoms with Crippen LogP contribution in [0.4, 0.5) is 0 Å². The summed E-state index contributed by atoms with van der Waals surface area (Å²) in [5.41, 5.74) is 9.29. The average Bonchev–Trinajstić information content (AvgIpc) is 3.35. The van der Waals surface area contributed by atoms with Crippen molar-refractivity contribution >= 4 is 17.8 Å². The van der Waals surface area contributed by atoms with Crippen molar-refractivity contribution in [3.63, 3.8) is 0 Å². The van der Waals surface area contributed by atoms with E-state index in [-0.39, 0.29) is 31.5 Å². The molecule has 4 rings (SSSR count). The van der Waals surface area contributed by atoms with E-state index in [1.165, 1.54) is 0 Å². The van der Waals surface area contributed by atoms with E-state index in [0.717, 1.165) is 0 Å². The van der Waals surface area contributed by atoms with Crippen LogP contribution in [-0.4, -0.2) is 71.9 Å². The van der Waals surface area contributed by atoms with E-state index < -0.39 is 18.0 Å². The van der Waals surface area contributed by atoms with E-state index in [1.807, 2.05) is 19.1 Å². The van der Waals surface area contributed by atoms with E-state index in [9.17, 15) is 14.4 Å². The molecule has 1 aliphatic heterocycles. The number of amides is 1. The van der Waals surface area contributed by atoms with Crippen molar-refractivity contribution in [1.29, 1.82) is 0 Å². The molecule has 1 atom stereocenters. The predicted molar refractivity (Wildman–Crippen MR) is 153 cm³/mol. The lowest BCUT2D eigenvalue weighted by molar-refractivity contribution is -0.149. The third kappa shape index (κ3) is 7.95. The van der Waals surface area contributed by atoms with Gasteiger partial charge < -0.3 is 34.4 Å². The van der Waals surface area contributed by atoms with Crippen molar-refractivity contribution in [2.24, 2.45) is 5.73 Å². The number of esters is 1. The lowest BCUT2D eigenvalue weighted by atomic mass is 9.97. The summed E-state index contributed by atoms with van der Waals surface area (Å²) in [6.45, 7) is 7.73. The van der Waals surface area contributed by atoms with Gasteiger partial charge in [-0.25, -0.2) is 9.78 Å². The van der Waals surface area contributed by atoms with Crippen LogP contribution >= 0.6 is 0 Å². The topological polar surface area (TPSA) is 154 Å². The van der Waals surface area contributed by atoms with E-state index in [4.69, 9.17) is 29.5 Å². The van der Waals surface area contributed by atoms with E-state index in [1.54, 1.807) is 49.1 Å². The number of aliphatic carboxylic acids is 1. The second-order valence-corrected chi connectivity index (χ2v) is 10.3. The van der Waals surface area contributed by atoms with E-state index in [2.05, 4.69) is 4.98 Å². The van der Waals surface area contributed by atoms with Crippen molar-refractivity contribution in [3.8, 4) is 17.2 Å². The summed E-state index contributed by atoms with van der Waals surface area (Å²) in [7, 11) is 0. The molecule has 2 heterocycles. The largest absolute Gasteiger partial charge is 0.493 e. The number of benzene rings is 2. The van der Waals surface area contributed by atoms with Crippen LogP contribution in [0.3, 0.4) is 0 Å². The second kappa shape index (κ2) is 14.1. The summed E-state index contributed by atoms with van der Waals surface area (Å²) < 4.78 is 22.5. The van der Waals surface area contributed by atoms with Crippen LogP contribution in [-0.2, 0) is 31.9 Å². The van der Waals surface area contributed by atoms with Crippen LogP contribution in [0.2, 0.25) is 0 Å². The monoisotopic (exact) mass is 579 g/mol. The number of aryl methyl sites for hydroxylation is 2. The van der Waals surface area contributed by atoms with Gasteiger partial charge in [0.25, 0.3) is 5.91 Å². The van der Waals surface area contributed by atoms with Crippen LogP contribution < -0.4 is 10.5 Å². The molecule has 11 heteroatoms. The zero-order valence-corrected chi connectivity index (χ0v) is 24.1. The molecular formula is C31H37N3O8. The standard InChI is InChI=1S/C31H37N3O8/c1-19(2)41-31(38)28(32)25-18-24(9-7-21(25)8-10-27(35)36)40-14-11-26-20(3)42-29(33-26)22-5-4-6-23(17-22)30(37)34-12-15-39-16-13-34/h4-7,9,17-19,28H,8,10-16,32H2,1-3H3,(H,35,36). The molecule has 224 valence electrons. The minimum Gasteiger partial charge on any atom is -0.493 e. The number of ether oxygens (including phenoxy) is 3. The fourth-order valence-electron chi connectivity index (χ4n) is 4.64. The quantitative estimate of drug-likeness (QED) is 0.303. The van der Waals surface area contributed by atoms with Gasteiger partial charge in [0.2, 0.25) is 5.89 Å². The van der Waals surface area contributed by atoms with Crippen molar-refractivity contribution in [1.82, 2.24) is 9.88 Å². The Balaban J connectivity index is 1.43. The molecule has 0 bridgehead atoms. The molecule has 1 aliphatic rings. The molecule has 2 aromatic carbocycles. The number of nitrogens with zero attached hydrogens (tertiary/aromatic N) is 2. The number of morpholine rings is 1. The molecule has 1 amide bonds. The second-order valence-electron chi connectivity index (χ2n) is 10.3. The van der Waals surface area contributed by atoms with Crippen LogP contribution in [0.5, 0.6) is 5.75 Å². The number of carboxylic acid groups (broad SMARTS) is 1. The molecule has 3 N–H and O–H groups in total. The highest BCUT2D eigenvalue weighted by Crippen LogP contribution is 2.27. The van der Waals surface area contributed by atoms with Crippen molar-refractivity contribution < 1.29 is 38.1 Å². The van der Waals surface area contributed by atoms with E-state index >= 15 is 0 Å². The van der Waals surface area contributed by atoms with Gasteiger partial charge in [0.1, 0.15) is 17.6 Å². The summed E-state index contributed by atoms with van der Waals surface area (Å²) >= 11 is 0. The first-order valence-corrected chi connectivity index (χ1v) is 14.0. The normalized spacial score (nSPS) is 14.1. The Hall–Kier alpha value is -4.22. The lowest BCUT2D eigenvalue weighted by Gasteiger charge is -2.26. The number of nitrogens with two attached hydrogens (primary N) is 1. The SMILES string of the molecule is Cc1oc(-c2cccc(C(=O)N3CCOCC3)c2)nc1CCOc1ccc(CCC(=O)O)c(C(N)C(=O)OC(C)C)c1. The third-order valence-electron chi connectivity index (χ3n) is 6.82. The maximum absolute atomic E-state index is 12.9. The average molecular weight is 580 g/mol. The number of hydrogen-bond acceptors (Lipinski definition) is 9. The highest BCUT2D eigenvalue weighted by molar-refractivity contribution is 5.95. The fraction of sp³-hybridized carbons (Fsp3) is 0.419. The molecule has 0 spiro atoms. The molecule has 0 radical (unpaired) electrons. The molecule has 1 unspecified atom stereocenters. The summed E-state index contributed by atoms with van der Waals surface area (Å²) in [4.78, 5) is 43.0. The van der Waals surface area contributed by atoms with Gasteiger partial charge in [-0.1, -0.05) is 12.1 Å². The molecule has 0 saturated carbocycles. The Morgan fingerprint density at radius 2 is 1.86 bits per heavy atom. The van der Waals surface area contributed by atoms with Crippen LogP contribution in [0.1, 0.15) is 59.2 Å². The minimum atomic E-state index is -1.08. The summed E-state index contributed by atoms with van der Waals surface area (Å²) in [6, 6.07) is 11.2.